The van der Waals surface area contributed by atoms with Crippen LogP contribution in [0.2, 0.25) is 0 Å². The number of hydrogen-bond acceptors (Lipinski definition) is 5. The lowest BCUT2D eigenvalue weighted by molar-refractivity contribution is 0.687. The number of aromatic nitrogens is 3. The van der Waals surface area contributed by atoms with E-state index < -0.39 is 5.56 Å². The van der Waals surface area contributed by atoms with Gasteiger partial charge in [0.1, 0.15) is 29.1 Å². The third-order valence-corrected chi connectivity index (χ3v) is 3.59. The molecule has 0 radical (unpaired) electrons. The minimum absolute atomic E-state index is 0.0472. The average Bonchev–Trinajstić information content (AvgIpc) is 3.07. The van der Waals surface area contributed by atoms with Crippen molar-refractivity contribution in [3.05, 3.63) is 69.8 Å². The van der Waals surface area contributed by atoms with E-state index in [9.17, 15) is 15.3 Å². The Morgan fingerprint density at radius 3 is 2.67 bits per heavy atom. The normalized spacial score (nSPS) is 10.1. The molecule has 2 aromatic heterocycles. The van der Waals surface area contributed by atoms with Crippen LogP contribution in [0.3, 0.4) is 0 Å². The van der Waals surface area contributed by atoms with E-state index in [4.69, 9.17) is 5.73 Å². The van der Waals surface area contributed by atoms with Crippen molar-refractivity contribution in [2.24, 2.45) is 0 Å². The standard InChI is InChI=1S/C17H12N6O/c18-8-13-15(14(9-19)17(24)22-16(13)20)12-4-1-3-11(7-12)10-23-6-2-5-21-23/h1-7H,10H2,(H3,20,22,24). The lowest BCUT2D eigenvalue weighted by Gasteiger charge is -2.10. The molecule has 3 aromatic rings. The number of pyridine rings is 1. The summed E-state index contributed by atoms with van der Waals surface area (Å²) in [4.78, 5) is 14.3. The fourth-order valence-corrected chi connectivity index (χ4v) is 2.54. The predicted octanol–water partition coefficient (Wildman–Crippen LogP) is 1.61. The molecule has 7 heteroatoms. The van der Waals surface area contributed by atoms with Crippen molar-refractivity contribution >= 4 is 5.82 Å². The molecule has 3 rings (SSSR count). The van der Waals surface area contributed by atoms with Crippen LogP contribution in [-0.4, -0.2) is 14.8 Å². The number of anilines is 1. The molecule has 24 heavy (non-hydrogen) atoms. The van der Waals surface area contributed by atoms with Gasteiger partial charge in [-0.15, -0.1) is 0 Å². The third-order valence-electron chi connectivity index (χ3n) is 3.59. The van der Waals surface area contributed by atoms with Gasteiger partial charge in [0.25, 0.3) is 5.56 Å². The molecule has 0 aliphatic heterocycles. The van der Waals surface area contributed by atoms with Gasteiger partial charge in [0.05, 0.1) is 6.54 Å². The van der Waals surface area contributed by atoms with E-state index in [0.29, 0.717) is 12.1 Å². The average molecular weight is 316 g/mol. The molecular weight excluding hydrogens is 304 g/mol. The van der Waals surface area contributed by atoms with E-state index >= 15 is 0 Å². The largest absolute Gasteiger partial charge is 0.384 e. The summed E-state index contributed by atoms with van der Waals surface area (Å²) in [6.07, 6.45) is 3.52. The highest BCUT2D eigenvalue weighted by Gasteiger charge is 2.18. The Morgan fingerprint density at radius 2 is 2.00 bits per heavy atom. The van der Waals surface area contributed by atoms with Gasteiger partial charge in [-0.2, -0.15) is 15.6 Å². The van der Waals surface area contributed by atoms with Gasteiger partial charge in [-0.25, -0.2) is 0 Å². The molecular formula is C17H12N6O. The summed E-state index contributed by atoms with van der Waals surface area (Å²) in [6, 6.07) is 12.9. The minimum Gasteiger partial charge on any atom is -0.384 e. The van der Waals surface area contributed by atoms with Crippen LogP contribution in [0.15, 0.2) is 47.5 Å². The van der Waals surface area contributed by atoms with Gasteiger partial charge >= 0.3 is 0 Å². The van der Waals surface area contributed by atoms with E-state index in [-0.39, 0.29) is 22.5 Å². The second-order valence-corrected chi connectivity index (χ2v) is 5.12. The van der Waals surface area contributed by atoms with Gasteiger partial charge in [0.2, 0.25) is 0 Å². The van der Waals surface area contributed by atoms with Crippen LogP contribution in [-0.2, 0) is 6.54 Å². The van der Waals surface area contributed by atoms with E-state index in [2.05, 4.69) is 10.1 Å². The highest BCUT2D eigenvalue weighted by molar-refractivity contribution is 5.80. The van der Waals surface area contributed by atoms with Crippen molar-refractivity contribution < 1.29 is 0 Å². The number of hydrogen-bond donors (Lipinski definition) is 2. The van der Waals surface area contributed by atoms with Crippen LogP contribution in [0, 0.1) is 22.7 Å². The maximum Gasteiger partial charge on any atom is 0.268 e. The minimum atomic E-state index is -0.610. The number of nitrogens with two attached hydrogens (primary N) is 1. The Labute approximate surface area is 137 Å². The summed E-state index contributed by atoms with van der Waals surface area (Å²) in [6.45, 7) is 0.531. The molecule has 0 unspecified atom stereocenters. The number of nitrogens with one attached hydrogen (secondary N) is 1. The number of H-pyrrole nitrogens is 1. The van der Waals surface area contributed by atoms with E-state index in [1.54, 1.807) is 23.0 Å². The molecule has 0 saturated heterocycles. The first-order valence-electron chi connectivity index (χ1n) is 7.06. The highest BCUT2D eigenvalue weighted by atomic mass is 16.1. The maximum absolute atomic E-state index is 12.0. The highest BCUT2D eigenvalue weighted by Crippen LogP contribution is 2.28. The first kappa shape index (κ1) is 15.1. The zero-order valence-electron chi connectivity index (χ0n) is 12.5. The monoisotopic (exact) mass is 316 g/mol. The third kappa shape index (κ3) is 2.62. The summed E-state index contributed by atoms with van der Waals surface area (Å²) >= 11 is 0. The van der Waals surface area contributed by atoms with E-state index in [1.807, 2.05) is 36.5 Å². The second-order valence-electron chi connectivity index (χ2n) is 5.12. The smallest absolute Gasteiger partial charge is 0.268 e. The number of aromatic amines is 1. The molecule has 0 fully saturated rings. The Morgan fingerprint density at radius 1 is 1.21 bits per heavy atom. The van der Waals surface area contributed by atoms with Gasteiger partial charge in [-0.05, 0) is 23.3 Å². The summed E-state index contributed by atoms with van der Waals surface area (Å²) in [7, 11) is 0. The number of nitrogens with zero attached hydrogens (tertiary/aromatic N) is 4. The van der Waals surface area contributed by atoms with Crippen molar-refractivity contribution in [1.82, 2.24) is 14.8 Å². The summed E-state index contributed by atoms with van der Waals surface area (Å²) in [5, 5.41) is 22.8. The van der Waals surface area contributed by atoms with Crippen molar-refractivity contribution in [2.45, 2.75) is 6.54 Å². The fourth-order valence-electron chi connectivity index (χ4n) is 2.54. The Hall–Kier alpha value is -3.84. The van der Waals surface area contributed by atoms with Crippen molar-refractivity contribution in [3.8, 4) is 23.3 Å². The van der Waals surface area contributed by atoms with Gasteiger partial charge in [0, 0.05) is 18.0 Å². The molecule has 0 aliphatic rings. The van der Waals surface area contributed by atoms with Gasteiger partial charge < -0.3 is 10.7 Å². The molecule has 0 bridgehead atoms. The molecule has 0 aliphatic carbocycles. The lowest BCUT2D eigenvalue weighted by atomic mass is 9.95. The number of nitriles is 2. The maximum atomic E-state index is 12.0. The quantitative estimate of drug-likeness (QED) is 0.759. The molecule has 1 aromatic carbocycles. The molecule has 3 N–H and O–H groups in total. The number of nitrogen functional groups attached to an aromatic ring is 1. The van der Waals surface area contributed by atoms with Crippen LogP contribution in [0.4, 0.5) is 5.82 Å². The first-order valence-corrected chi connectivity index (χ1v) is 7.06. The van der Waals surface area contributed by atoms with Crippen LogP contribution < -0.4 is 11.3 Å². The number of rotatable bonds is 3. The second kappa shape index (κ2) is 6.11. The molecule has 116 valence electrons. The molecule has 0 saturated carbocycles. The fraction of sp³-hybridized carbons (Fsp3) is 0.0588. The molecule has 0 amide bonds. The zero-order valence-corrected chi connectivity index (χ0v) is 12.5. The van der Waals surface area contributed by atoms with Crippen LogP contribution >= 0.6 is 0 Å². The number of benzene rings is 1. The molecule has 0 atom stereocenters. The molecule has 2 heterocycles. The van der Waals surface area contributed by atoms with Crippen LogP contribution in [0.5, 0.6) is 0 Å². The van der Waals surface area contributed by atoms with Crippen LogP contribution in [0.25, 0.3) is 11.1 Å². The lowest BCUT2D eigenvalue weighted by Crippen LogP contribution is -2.16. The topological polar surface area (TPSA) is 124 Å². The van der Waals surface area contributed by atoms with Gasteiger partial charge in [-0.1, -0.05) is 18.2 Å². The predicted molar refractivity (Wildman–Crippen MR) is 87.7 cm³/mol. The van der Waals surface area contributed by atoms with Crippen molar-refractivity contribution in [3.63, 3.8) is 0 Å². The first-order chi connectivity index (χ1) is 11.6. The van der Waals surface area contributed by atoms with Crippen molar-refractivity contribution in [2.75, 3.05) is 5.73 Å². The summed E-state index contributed by atoms with van der Waals surface area (Å²) in [5.41, 5.74) is 6.85. The SMILES string of the molecule is N#Cc1c(N)[nH]c(=O)c(C#N)c1-c1cccc(Cn2cccn2)c1. The Balaban J connectivity index is 2.18. The van der Waals surface area contributed by atoms with Crippen LogP contribution in [0.1, 0.15) is 16.7 Å². The zero-order chi connectivity index (χ0) is 17.1. The van der Waals surface area contributed by atoms with E-state index in [0.717, 1.165) is 5.56 Å². The van der Waals surface area contributed by atoms with Crippen molar-refractivity contribution in [1.29, 1.82) is 10.5 Å². The summed E-state index contributed by atoms with van der Waals surface area (Å²) in [5.74, 6) is -0.0472. The molecule has 7 nitrogen and oxygen atoms in total. The molecule has 0 spiro atoms. The van der Waals surface area contributed by atoms with Gasteiger partial charge in [-0.3, -0.25) is 9.48 Å². The van der Waals surface area contributed by atoms with Gasteiger partial charge in [0.15, 0.2) is 0 Å². The summed E-state index contributed by atoms with van der Waals surface area (Å²) < 4.78 is 1.75. The Bertz CT molecular complexity index is 1030. The Kier molecular flexibility index (Phi) is 3.84. The van der Waals surface area contributed by atoms with E-state index in [1.165, 1.54) is 0 Å².